The zero-order chi connectivity index (χ0) is 37.1. The van der Waals surface area contributed by atoms with E-state index in [1.807, 2.05) is 0 Å². The maximum absolute atomic E-state index is 12.6. The van der Waals surface area contributed by atoms with Gasteiger partial charge in [-0.25, -0.2) is 0 Å². The summed E-state index contributed by atoms with van der Waals surface area (Å²) < 4.78 is 32.4. The molecule has 1 amide bonds. The number of esters is 2. The van der Waals surface area contributed by atoms with E-state index in [0.29, 0.717) is 24.3 Å². The number of hydrogen-bond donors (Lipinski definition) is 4. The lowest BCUT2D eigenvalue weighted by Crippen LogP contribution is -2.43. The lowest BCUT2D eigenvalue weighted by Gasteiger charge is -2.19. The first-order valence-corrected chi connectivity index (χ1v) is 22.2. The highest BCUT2D eigenvalue weighted by Gasteiger charge is 2.20. The van der Waals surface area contributed by atoms with E-state index in [4.69, 9.17) is 34.5 Å². The van der Waals surface area contributed by atoms with Gasteiger partial charge in [-0.15, -0.1) is 0 Å². The van der Waals surface area contributed by atoms with Crippen molar-refractivity contribution in [3.63, 3.8) is 0 Å². The largest absolute Gasteiger partial charge is 0.462 e. The summed E-state index contributed by atoms with van der Waals surface area (Å²) in [5, 5.41) is 2.71. The number of nitrogens with two attached hydrogens (primary N) is 1. The minimum absolute atomic E-state index is 0.0193. The molecule has 0 fully saturated rings. The minimum Gasteiger partial charge on any atom is -0.462 e. The van der Waals surface area contributed by atoms with E-state index in [2.05, 4.69) is 19.2 Å². The van der Waals surface area contributed by atoms with Crippen molar-refractivity contribution in [2.75, 3.05) is 57.2 Å². The fourth-order valence-corrected chi connectivity index (χ4v) is 6.40. The SMILES string of the molecule is CCCCCCCCCCCC(=O)OC[C@H](CSC[C@H](N)C(=O)NCCOCCOCCP(=O)(O)O)OC(=O)CCCCCCCCCCC. The average molecular weight is 755 g/mol. The van der Waals surface area contributed by atoms with E-state index in [0.717, 1.165) is 38.5 Å². The van der Waals surface area contributed by atoms with E-state index in [9.17, 15) is 18.9 Å². The van der Waals surface area contributed by atoms with Crippen molar-refractivity contribution in [1.82, 2.24) is 5.32 Å². The van der Waals surface area contributed by atoms with Gasteiger partial charge in [-0.05, 0) is 12.8 Å². The van der Waals surface area contributed by atoms with Crippen LogP contribution in [0.5, 0.6) is 0 Å². The Labute approximate surface area is 307 Å². The highest BCUT2D eigenvalue weighted by molar-refractivity contribution is 7.99. The lowest BCUT2D eigenvalue weighted by molar-refractivity contribution is -0.157. The Hall–Kier alpha value is -1.21. The van der Waals surface area contributed by atoms with Crippen LogP contribution in [0, 0.1) is 0 Å². The molecule has 0 radical (unpaired) electrons. The summed E-state index contributed by atoms with van der Waals surface area (Å²) in [4.78, 5) is 55.1. The van der Waals surface area contributed by atoms with Gasteiger partial charge in [0.25, 0.3) is 0 Å². The van der Waals surface area contributed by atoms with E-state index in [1.165, 1.54) is 88.8 Å². The molecule has 296 valence electrons. The van der Waals surface area contributed by atoms with Crippen molar-refractivity contribution in [2.24, 2.45) is 5.73 Å². The molecule has 0 spiro atoms. The van der Waals surface area contributed by atoms with Crippen molar-refractivity contribution >= 4 is 37.2 Å². The van der Waals surface area contributed by atoms with Crippen LogP contribution >= 0.6 is 19.4 Å². The Bertz CT molecular complexity index is 880. The molecule has 14 heteroatoms. The molecule has 0 aromatic rings. The van der Waals surface area contributed by atoms with Crippen LogP contribution in [0.15, 0.2) is 0 Å². The summed E-state index contributed by atoms with van der Waals surface area (Å²) in [6, 6.07) is -0.788. The monoisotopic (exact) mass is 754 g/mol. The number of hydrogen-bond acceptors (Lipinski definition) is 10. The molecule has 0 unspecified atom stereocenters. The van der Waals surface area contributed by atoms with Crippen LogP contribution in [0.2, 0.25) is 0 Å². The molecule has 50 heavy (non-hydrogen) atoms. The standard InChI is InChI=1S/C36H71N2O10PS/c1-3-5-7-9-11-13-15-17-19-21-34(39)47-29-32(48-35(40)22-20-18-16-14-12-10-8-6-4-2)30-50-31-33(37)36(41)38-23-24-45-25-26-46-27-28-49(42,43)44/h32-33H,3-31,37H2,1-2H3,(H,38,41)(H2,42,43,44)/t32-,33+/m1/s1. The fourth-order valence-electron chi connectivity index (χ4n) is 5.06. The first-order chi connectivity index (χ1) is 24.1. The molecule has 0 aliphatic rings. The number of carbonyl (C=O) groups excluding carboxylic acids is 3. The summed E-state index contributed by atoms with van der Waals surface area (Å²) in [5.41, 5.74) is 6.07. The molecule has 12 nitrogen and oxygen atoms in total. The fraction of sp³-hybridized carbons (Fsp3) is 0.917. The second-order valence-corrected chi connectivity index (χ2v) is 15.9. The van der Waals surface area contributed by atoms with E-state index >= 15 is 0 Å². The Morgan fingerprint density at radius 2 is 1.16 bits per heavy atom. The van der Waals surface area contributed by atoms with Crippen LogP contribution < -0.4 is 11.1 Å². The van der Waals surface area contributed by atoms with E-state index < -0.39 is 19.7 Å². The molecule has 5 N–H and O–H groups in total. The third-order valence-corrected chi connectivity index (χ3v) is 10.0. The normalized spacial score (nSPS) is 12.8. The highest BCUT2D eigenvalue weighted by atomic mass is 32.2. The summed E-state index contributed by atoms with van der Waals surface area (Å²) in [6.07, 6.45) is 20.6. The van der Waals surface area contributed by atoms with Gasteiger partial charge in [-0.3, -0.25) is 18.9 Å². The van der Waals surface area contributed by atoms with Crippen LogP contribution in [-0.2, 0) is 37.9 Å². The van der Waals surface area contributed by atoms with Crippen molar-refractivity contribution in [1.29, 1.82) is 0 Å². The van der Waals surface area contributed by atoms with Gasteiger partial charge in [0.2, 0.25) is 5.91 Å². The van der Waals surface area contributed by atoms with Gasteiger partial charge in [-0.2, -0.15) is 11.8 Å². The molecule has 0 aliphatic heterocycles. The predicted molar refractivity (Wildman–Crippen MR) is 201 cm³/mol. The number of ether oxygens (including phenoxy) is 4. The third kappa shape index (κ3) is 35.2. The summed E-state index contributed by atoms with van der Waals surface area (Å²) in [6.45, 7) is 5.24. The molecule has 0 bridgehead atoms. The van der Waals surface area contributed by atoms with E-state index in [1.54, 1.807) is 0 Å². The van der Waals surface area contributed by atoms with Gasteiger partial charge >= 0.3 is 19.5 Å². The van der Waals surface area contributed by atoms with Crippen LogP contribution in [0.1, 0.15) is 142 Å². The number of unbranched alkanes of at least 4 members (excludes halogenated alkanes) is 16. The Balaban J connectivity index is 4.44. The van der Waals surface area contributed by atoms with Crippen LogP contribution in [0.25, 0.3) is 0 Å². The number of nitrogens with one attached hydrogen (secondary N) is 1. The number of rotatable bonds is 37. The zero-order valence-electron chi connectivity index (χ0n) is 31.3. The van der Waals surface area contributed by atoms with Crippen LogP contribution in [0.3, 0.4) is 0 Å². The number of amides is 1. The van der Waals surface area contributed by atoms with Crippen molar-refractivity contribution < 1.29 is 47.7 Å². The Morgan fingerprint density at radius 1 is 0.680 bits per heavy atom. The smallest absolute Gasteiger partial charge is 0.327 e. The molecular weight excluding hydrogens is 683 g/mol. The molecule has 0 rings (SSSR count). The Morgan fingerprint density at radius 3 is 1.68 bits per heavy atom. The summed E-state index contributed by atoms with van der Waals surface area (Å²) in [7, 11) is -4.07. The topological polar surface area (TPSA) is 184 Å². The molecule has 0 aliphatic carbocycles. The molecule has 2 atom stereocenters. The molecule has 0 aromatic heterocycles. The maximum atomic E-state index is 12.6. The highest BCUT2D eigenvalue weighted by Crippen LogP contribution is 2.33. The van der Waals surface area contributed by atoms with Crippen LogP contribution in [0.4, 0.5) is 0 Å². The number of carbonyl (C=O) groups is 3. The van der Waals surface area contributed by atoms with E-state index in [-0.39, 0.29) is 63.6 Å². The summed E-state index contributed by atoms with van der Waals surface area (Å²) >= 11 is 1.37. The summed E-state index contributed by atoms with van der Waals surface area (Å²) in [5.74, 6) is -0.295. The molecule has 0 heterocycles. The molecule has 0 saturated carbocycles. The predicted octanol–water partition coefficient (Wildman–Crippen LogP) is 6.67. The van der Waals surface area contributed by atoms with Crippen molar-refractivity contribution in [3.8, 4) is 0 Å². The van der Waals surface area contributed by atoms with Gasteiger partial charge in [0, 0.05) is 30.9 Å². The first kappa shape index (κ1) is 48.8. The minimum atomic E-state index is -4.07. The van der Waals surface area contributed by atoms with Crippen molar-refractivity contribution in [3.05, 3.63) is 0 Å². The lowest BCUT2D eigenvalue weighted by atomic mass is 10.1. The molecule has 0 aromatic carbocycles. The van der Waals surface area contributed by atoms with Gasteiger partial charge in [-0.1, -0.05) is 117 Å². The molecule has 0 saturated heterocycles. The zero-order valence-corrected chi connectivity index (χ0v) is 33.0. The van der Waals surface area contributed by atoms with Crippen molar-refractivity contribution in [2.45, 2.75) is 154 Å². The van der Waals surface area contributed by atoms with Gasteiger partial charge in [0.05, 0.1) is 38.6 Å². The second-order valence-electron chi connectivity index (χ2n) is 13.0. The first-order valence-electron chi connectivity index (χ1n) is 19.2. The maximum Gasteiger partial charge on any atom is 0.327 e. The van der Waals surface area contributed by atoms with Crippen LogP contribution in [-0.4, -0.2) is 97.0 Å². The van der Waals surface area contributed by atoms with Gasteiger partial charge in [0.1, 0.15) is 12.7 Å². The second kappa shape index (κ2) is 34.9. The third-order valence-electron chi connectivity index (χ3n) is 8.08. The van der Waals surface area contributed by atoms with Gasteiger partial charge in [0.15, 0.2) is 0 Å². The quantitative estimate of drug-likeness (QED) is 0.0301. The Kier molecular flexibility index (Phi) is 34.0. The average Bonchev–Trinajstić information content (AvgIpc) is 3.07. The van der Waals surface area contributed by atoms with Gasteiger partial charge < -0.3 is 39.8 Å². The number of thioether (sulfide) groups is 1. The molecular formula is C36H71N2O10PS.